The number of nitrogens with zero attached hydrogens (tertiary/aromatic N) is 1. The SMILES string of the molecule is C/C(=C(/C)c1ccc(C)cc1)c1ccncc1. The van der Waals surface area contributed by atoms with Crippen LogP contribution in [0.2, 0.25) is 0 Å². The number of aryl methyl sites for hydroxylation is 1. The van der Waals surface area contributed by atoms with Gasteiger partial charge in [0.15, 0.2) is 0 Å². The largest absolute Gasteiger partial charge is 0.265 e. The van der Waals surface area contributed by atoms with E-state index in [1.165, 1.54) is 27.8 Å². The van der Waals surface area contributed by atoms with Gasteiger partial charge < -0.3 is 0 Å². The minimum atomic E-state index is 1.23. The van der Waals surface area contributed by atoms with E-state index in [0.717, 1.165) is 0 Å². The Hall–Kier alpha value is -1.89. The summed E-state index contributed by atoms with van der Waals surface area (Å²) in [7, 11) is 0. The molecule has 0 saturated carbocycles. The van der Waals surface area contributed by atoms with Gasteiger partial charge in [-0.05, 0) is 55.2 Å². The predicted molar refractivity (Wildman–Crippen MR) is 73.6 cm³/mol. The van der Waals surface area contributed by atoms with Gasteiger partial charge >= 0.3 is 0 Å². The zero-order valence-corrected chi connectivity index (χ0v) is 10.6. The number of hydrogen-bond donors (Lipinski definition) is 0. The molecule has 2 rings (SSSR count). The highest BCUT2D eigenvalue weighted by atomic mass is 14.6. The van der Waals surface area contributed by atoms with Gasteiger partial charge in [0.2, 0.25) is 0 Å². The summed E-state index contributed by atoms with van der Waals surface area (Å²) in [4.78, 5) is 4.05. The zero-order valence-electron chi connectivity index (χ0n) is 10.6. The highest BCUT2D eigenvalue weighted by Crippen LogP contribution is 2.25. The third kappa shape index (κ3) is 2.62. The molecule has 86 valence electrons. The van der Waals surface area contributed by atoms with Crippen LogP contribution in [-0.4, -0.2) is 4.98 Å². The fraction of sp³-hybridized carbons (Fsp3) is 0.188. The van der Waals surface area contributed by atoms with Gasteiger partial charge in [0.05, 0.1) is 0 Å². The molecule has 0 fully saturated rings. The van der Waals surface area contributed by atoms with Gasteiger partial charge in [0.25, 0.3) is 0 Å². The van der Waals surface area contributed by atoms with Crippen molar-refractivity contribution in [1.82, 2.24) is 4.98 Å². The Morgan fingerprint density at radius 1 is 0.765 bits per heavy atom. The average Bonchev–Trinajstić information content (AvgIpc) is 2.39. The lowest BCUT2D eigenvalue weighted by atomic mass is 9.97. The monoisotopic (exact) mass is 223 g/mol. The molecule has 1 heteroatoms. The predicted octanol–water partition coefficient (Wildman–Crippen LogP) is 4.34. The van der Waals surface area contributed by atoms with Crippen LogP contribution in [0.15, 0.2) is 48.8 Å². The average molecular weight is 223 g/mol. The Kier molecular flexibility index (Phi) is 3.38. The van der Waals surface area contributed by atoms with E-state index in [-0.39, 0.29) is 0 Å². The Balaban J connectivity index is 2.41. The summed E-state index contributed by atoms with van der Waals surface area (Å²) in [6.45, 7) is 6.43. The topological polar surface area (TPSA) is 12.9 Å². The highest BCUT2D eigenvalue weighted by molar-refractivity contribution is 5.88. The van der Waals surface area contributed by atoms with Crippen LogP contribution in [0.5, 0.6) is 0 Å². The van der Waals surface area contributed by atoms with Crippen LogP contribution in [-0.2, 0) is 0 Å². The van der Waals surface area contributed by atoms with Gasteiger partial charge in [-0.15, -0.1) is 0 Å². The van der Waals surface area contributed by atoms with Crippen LogP contribution in [0.25, 0.3) is 11.1 Å². The summed E-state index contributed by atoms with van der Waals surface area (Å²) in [6.07, 6.45) is 3.67. The van der Waals surface area contributed by atoms with E-state index in [1.807, 2.05) is 24.5 Å². The number of benzene rings is 1. The summed E-state index contributed by atoms with van der Waals surface area (Å²) in [5, 5.41) is 0. The molecule has 1 aromatic heterocycles. The van der Waals surface area contributed by atoms with Gasteiger partial charge in [-0.1, -0.05) is 29.8 Å². The maximum Gasteiger partial charge on any atom is 0.0273 e. The first-order valence-electron chi connectivity index (χ1n) is 5.83. The number of aromatic nitrogens is 1. The van der Waals surface area contributed by atoms with E-state index in [4.69, 9.17) is 0 Å². The second kappa shape index (κ2) is 4.96. The van der Waals surface area contributed by atoms with E-state index < -0.39 is 0 Å². The van der Waals surface area contributed by atoms with Gasteiger partial charge in [-0.2, -0.15) is 0 Å². The van der Waals surface area contributed by atoms with Crippen LogP contribution in [0, 0.1) is 6.92 Å². The molecule has 0 radical (unpaired) electrons. The van der Waals surface area contributed by atoms with Crippen molar-refractivity contribution in [1.29, 1.82) is 0 Å². The molecule has 0 aliphatic heterocycles. The van der Waals surface area contributed by atoms with Gasteiger partial charge in [0.1, 0.15) is 0 Å². The normalized spacial score (nSPS) is 12.2. The molecule has 0 bridgehead atoms. The van der Waals surface area contributed by atoms with Crippen molar-refractivity contribution >= 4 is 11.1 Å². The van der Waals surface area contributed by atoms with E-state index >= 15 is 0 Å². The molecule has 0 unspecified atom stereocenters. The zero-order chi connectivity index (χ0) is 12.3. The van der Waals surface area contributed by atoms with E-state index in [9.17, 15) is 0 Å². The number of allylic oxidation sites excluding steroid dienone is 2. The fourth-order valence-electron chi connectivity index (χ4n) is 1.84. The molecule has 0 aliphatic carbocycles. The summed E-state index contributed by atoms with van der Waals surface area (Å²) >= 11 is 0. The second-order valence-corrected chi connectivity index (χ2v) is 4.35. The molecule has 0 aliphatic rings. The molecular weight excluding hydrogens is 206 g/mol. The van der Waals surface area contributed by atoms with Crippen molar-refractivity contribution in [2.45, 2.75) is 20.8 Å². The summed E-state index contributed by atoms with van der Waals surface area (Å²) in [5.74, 6) is 0. The second-order valence-electron chi connectivity index (χ2n) is 4.35. The first-order valence-corrected chi connectivity index (χ1v) is 5.83. The standard InChI is InChI=1S/C16H17N/c1-12-4-6-15(7-5-12)13(2)14(3)16-8-10-17-11-9-16/h4-11H,1-3H3/b14-13+. The first-order chi connectivity index (χ1) is 8.18. The number of pyridine rings is 1. The number of hydrogen-bond acceptors (Lipinski definition) is 1. The molecule has 0 spiro atoms. The number of rotatable bonds is 2. The lowest BCUT2D eigenvalue weighted by Crippen LogP contribution is -1.87. The Bertz CT molecular complexity index is 521. The van der Waals surface area contributed by atoms with Crippen LogP contribution in [0.1, 0.15) is 30.5 Å². The van der Waals surface area contributed by atoms with Crippen molar-refractivity contribution in [2.75, 3.05) is 0 Å². The summed E-state index contributed by atoms with van der Waals surface area (Å²) < 4.78 is 0. The fourth-order valence-corrected chi connectivity index (χ4v) is 1.84. The minimum absolute atomic E-state index is 1.23. The van der Waals surface area contributed by atoms with Crippen LogP contribution in [0.4, 0.5) is 0 Å². The van der Waals surface area contributed by atoms with Crippen molar-refractivity contribution in [3.8, 4) is 0 Å². The quantitative estimate of drug-likeness (QED) is 0.738. The third-order valence-corrected chi connectivity index (χ3v) is 3.16. The summed E-state index contributed by atoms with van der Waals surface area (Å²) in [5.41, 5.74) is 6.43. The molecule has 0 N–H and O–H groups in total. The molecule has 0 atom stereocenters. The lowest BCUT2D eigenvalue weighted by Gasteiger charge is -2.08. The molecule has 0 amide bonds. The van der Waals surface area contributed by atoms with Gasteiger partial charge in [0, 0.05) is 12.4 Å². The highest BCUT2D eigenvalue weighted by Gasteiger charge is 2.02. The molecule has 1 heterocycles. The Morgan fingerprint density at radius 2 is 1.24 bits per heavy atom. The van der Waals surface area contributed by atoms with Crippen molar-refractivity contribution in [2.24, 2.45) is 0 Å². The van der Waals surface area contributed by atoms with E-state index in [2.05, 4.69) is 50.0 Å². The third-order valence-electron chi connectivity index (χ3n) is 3.16. The van der Waals surface area contributed by atoms with Crippen LogP contribution >= 0.6 is 0 Å². The maximum atomic E-state index is 4.05. The van der Waals surface area contributed by atoms with Crippen LogP contribution < -0.4 is 0 Å². The first kappa shape index (κ1) is 11.6. The van der Waals surface area contributed by atoms with E-state index in [0.29, 0.717) is 0 Å². The van der Waals surface area contributed by atoms with Gasteiger partial charge in [-0.3, -0.25) is 4.98 Å². The molecule has 0 saturated heterocycles. The molecular formula is C16H17N. The lowest BCUT2D eigenvalue weighted by molar-refractivity contribution is 1.31. The van der Waals surface area contributed by atoms with Crippen molar-refractivity contribution in [3.63, 3.8) is 0 Å². The maximum absolute atomic E-state index is 4.05. The van der Waals surface area contributed by atoms with Crippen molar-refractivity contribution in [3.05, 3.63) is 65.5 Å². The molecule has 1 nitrogen and oxygen atoms in total. The summed E-state index contributed by atoms with van der Waals surface area (Å²) in [6, 6.07) is 12.8. The smallest absolute Gasteiger partial charge is 0.0273 e. The van der Waals surface area contributed by atoms with Gasteiger partial charge in [-0.25, -0.2) is 0 Å². The Morgan fingerprint density at radius 3 is 1.76 bits per heavy atom. The molecule has 2 aromatic rings. The molecule has 1 aromatic carbocycles. The van der Waals surface area contributed by atoms with E-state index in [1.54, 1.807) is 0 Å². The van der Waals surface area contributed by atoms with Crippen molar-refractivity contribution < 1.29 is 0 Å². The minimum Gasteiger partial charge on any atom is -0.265 e. The van der Waals surface area contributed by atoms with Crippen LogP contribution in [0.3, 0.4) is 0 Å². The Labute approximate surface area is 103 Å². The molecule has 17 heavy (non-hydrogen) atoms.